The molecule has 7 nitrogen and oxygen atoms in total. The van der Waals surface area contributed by atoms with Crippen LogP contribution in [0.4, 0.5) is 15.8 Å². The molecule has 1 aliphatic rings. The van der Waals surface area contributed by atoms with Gasteiger partial charge in [0.2, 0.25) is 5.91 Å². The lowest BCUT2D eigenvalue weighted by Crippen LogP contribution is -2.28. The minimum atomic E-state index is -0.683. The highest BCUT2D eigenvalue weighted by Crippen LogP contribution is 2.33. The maximum Gasteiger partial charge on any atom is 0.311 e. The third-order valence-electron chi connectivity index (χ3n) is 4.64. The van der Waals surface area contributed by atoms with Gasteiger partial charge in [-0.25, -0.2) is 4.39 Å². The molecule has 2 aromatic rings. The average molecular weight is 400 g/mol. The minimum absolute atomic E-state index is 0.0122. The summed E-state index contributed by atoms with van der Waals surface area (Å²) in [5, 5.41) is 2.46. The van der Waals surface area contributed by atoms with Gasteiger partial charge < -0.3 is 19.7 Å². The second-order valence-electron chi connectivity index (χ2n) is 6.70. The standard InChI is InChI=1S/C21H21FN2O5/c1-13-7-8-15(10-16(13)22)23-19(25)12-29-21(27)14-9-20(26)24(11-14)17-5-3-4-6-18(17)28-2/h3-8,10,14H,9,11-12H2,1-2H3,(H,23,25)/t14-/m0/s1. The van der Waals surface area contributed by atoms with Crippen molar-refractivity contribution < 1.29 is 28.2 Å². The molecule has 1 atom stereocenters. The Labute approximate surface area is 167 Å². The summed E-state index contributed by atoms with van der Waals surface area (Å²) in [5.41, 5.74) is 1.31. The lowest BCUT2D eigenvalue weighted by Gasteiger charge is -2.19. The van der Waals surface area contributed by atoms with E-state index < -0.39 is 30.2 Å². The highest BCUT2D eigenvalue weighted by atomic mass is 19.1. The summed E-state index contributed by atoms with van der Waals surface area (Å²) in [6.45, 7) is 1.23. The molecule has 8 heteroatoms. The molecule has 2 aromatic carbocycles. The number of ether oxygens (including phenoxy) is 2. The van der Waals surface area contributed by atoms with E-state index in [0.717, 1.165) is 0 Å². The second kappa shape index (κ2) is 8.72. The molecule has 0 saturated carbocycles. The second-order valence-corrected chi connectivity index (χ2v) is 6.70. The van der Waals surface area contributed by atoms with Crippen molar-refractivity contribution in [3.63, 3.8) is 0 Å². The molecule has 2 amide bonds. The van der Waals surface area contributed by atoms with Crippen molar-refractivity contribution in [2.45, 2.75) is 13.3 Å². The van der Waals surface area contributed by atoms with Crippen LogP contribution in [0.15, 0.2) is 42.5 Å². The van der Waals surface area contributed by atoms with E-state index in [-0.39, 0.29) is 24.6 Å². The molecule has 29 heavy (non-hydrogen) atoms. The summed E-state index contributed by atoms with van der Waals surface area (Å²) in [6, 6.07) is 11.3. The Bertz CT molecular complexity index is 946. The van der Waals surface area contributed by atoms with Gasteiger partial charge >= 0.3 is 5.97 Å². The normalized spacial score (nSPS) is 15.9. The third kappa shape index (κ3) is 4.71. The van der Waals surface area contributed by atoms with Crippen LogP contribution in [0, 0.1) is 18.7 Å². The summed E-state index contributed by atoms with van der Waals surface area (Å²) in [5.74, 6) is -2.05. The van der Waals surface area contributed by atoms with Crippen LogP contribution in [0.25, 0.3) is 0 Å². The van der Waals surface area contributed by atoms with Crippen molar-refractivity contribution in [1.29, 1.82) is 0 Å². The maximum absolute atomic E-state index is 13.5. The number of nitrogens with one attached hydrogen (secondary N) is 1. The fourth-order valence-electron chi connectivity index (χ4n) is 3.07. The summed E-state index contributed by atoms with van der Waals surface area (Å²) in [7, 11) is 1.50. The molecule has 1 N–H and O–H groups in total. The number of carbonyl (C=O) groups excluding carboxylic acids is 3. The first kappa shape index (κ1) is 20.3. The Morgan fingerprint density at radius 2 is 2.00 bits per heavy atom. The zero-order valence-electron chi connectivity index (χ0n) is 16.1. The SMILES string of the molecule is COc1ccccc1N1C[C@@H](C(=O)OCC(=O)Nc2ccc(C)c(F)c2)CC1=O. The molecule has 0 bridgehead atoms. The first-order valence-electron chi connectivity index (χ1n) is 9.05. The molecule has 0 aromatic heterocycles. The number of nitrogens with zero attached hydrogens (tertiary/aromatic N) is 1. The number of para-hydroxylation sites is 2. The molecular formula is C21H21FN2O5. The van der Waals surface area contributed by atoms with Crippen LogP contribution in [-0.2, 0) is 19.1 Å². The van der Waals surface area contributed by atoms with E-state index in [1.54, 1.807) is 37.3 Å². The van der Waals surface area contributed by atoms with Crippen LogP contribution in [0.5, 0.6) is 5.75 Å². The number of methoxy groups -OCH3 is 1. The van der Waals surface area contributed by atoms with Gasteiger partial charge in [-0.05, 0) is 36.8 Å². The molecular weight excluding hydrogens is 379 g/mol. The largest absolute Gasteiger partial charge is 0.495 e. The monoisotopic (exact) mass is 400 g/mol. The molecule has 1 fully saturated rings. The van der Waals surface area contributed by atoms with Crippen molar-refractivity contribution in [2.24, 2.45) is 5.92 Å². The lowest BCUT2D eigenvalue weighted by molar-refractivity contribution is -0.151. The predicted molar refractivity (Wildman–Crippen MR) is 104 cm³/mol. The number of rotatable bonds is 6. The number of amides is 2. The first-order valence-corrected chi connectivity index (χ1v) is 9.05. The van der Waals surface area contributed by atoms with Crippen LogP contribution in [0.2, 0.25) is 0 Å². The Kier molecular flexibility index (Phi) is 6.11. The number of benzene rings is 2. The minimum Gasteiger partial charge on any atom is -0.495 e. The van der Waals surface area contributed by atoms with Gasteiger partial charge in [0.1, 0.15) is 11.6 Å². The third-order valence-corrected chi connectivity index (χ3v) is 4.64. The highest BCUT2D eigenvalue weighted by Gasteiger charge is 2.37. The van der Waals surface area contributed by atoms with Crippen LogP contribution < -0.4 is 15.0 Å². The van der Waals surface area contributed by atoms with E-state index in [1.807, 2.05) is 0 Å². The fraction of sp³-hybridized carbons (Fsp3) is 0.286. The molecule has 152 valence electrons. The Morgan fingerprint density at radius 3 is 2.72 bits per heavy atom. The highest BCUT2D eigenvalue weighted by molar-refractivity contribution is 6.01. The number of aryl methyl sites for hydroxylation is 1. The number of halogens is 1. The van der Waals surface area contributed by atoms with Crippen molar-refractivity contribution in [2.75, 3.05) is 30.5 Å². The zero-order valence-corrected chi connectivity index (χ0v) is 16.1. The number of carbonyl (C=O) groups is 3. The van der Waals surface area contributed by atoms with Gasteiger partial charge in [0.05, 0.1) is 18.7 Å². The Balaban J connectivity index is 1.55. The maximum atomic E-state index is 13.5. The number of hydrogen-bond donors (Lipinski definition) is 1. The molecule has 0 unspecified atom stereocenters. The van der Waals surface area contributed by atoms with E-state index in [9.17, 15) is 18.8 Å². The van der Waals surface area contributed by atoms with Crippen LogP contribution in [0.1, 0.15) is 12.0 Å². The van der Waals surface area contributed by atoms with Crippen molar-refractivity contribution in [3.8, 4) is 5.75 Å². The molecule has 0 aliphatic carbocycles. The summed E-state index contributed by atoms with van der Waals surface area (Å²) >= 11 is 0. The van der Waals surface area contributed by atoms with E-state index >= 15 is 0 Å². The quantitative estimate of drug-likeness (QED) is 0.754. The topological polar surface area (TPSA) is 84.9 Å². The summed E-state index contributed by atoms with van der Waals surface area (Å²) in [6.07, 6.45) is -0.0122. The van der Waals surface area contributed by atoms with Gasteiger partial charge in [-0.15, -0.1) is 0 Å². The molecule has 1 saturated heterocycles. The smallest absolute Gasteiger partial charge is 0.311 e. The van der Waals surface area contributed by atoms with E-state index in [4.69, 9.17) is 9.47 Å². The van der Waals surface area contributed by atoms with E-state index in [2.05, 4.69) is 5.32 Å². The zero-order chi connectivity index (χ0) is 21.0. The Hall–Kier alpha value is -3.42. The van der Waals surface area contributed by atoms with Gasteiger partial charge in [0, 0.05) is 18.7 Å². The first-order chi connectivity index (χ1) is 13.9. The van der Waals surface area contributed by atoms with E-state index in [0.29, 0.717) is 17.0 Å². The van der Waals surface area contributed by atoms with Crippen molar-refractivity contribution in [1.82, 2.24) is 0 Å². The van der Waals surface area contributed by atoms with E-state index in [1.165, 1.54) is 24.1 Å². The number of hydrogen-bond acceptors (Lipinski definition) is 5. The lowest BCUT2D eigenvalue weighted by atomic mass is 10.1. The number of anilines is 2. The number of esters is 1. The predicted octanol–water partition coefficient (Wildman–Crippen LogP) is 2.68. The van der Waals surface area contributed by atoms with Gasteiger partial charge in [0.15, 0.2) is 6.61 Å². The average Bonchev–Trinajstić information content (AvgIpc) is 3.10. The molecule has 1 heterocycles. The van der Waals surface area contributed by atoms with Crippen molar-refractivity contribution in [3.05, 3.63) is 53.8 Å². The van der Waals surface area contributed by atoms with Gasteiger partial charge in [-0.3, -0.25) is 14.4 Å². The van der Waals surface area contributed by atoms with Gasteiger partial charge in [0.25, 0.3) is 5.91 Å². The van der Waals surface area contributed by atoms with Gasteiger partial charge in [-0.2, -0.15) is 0 Å². The molecule has 0 spiro atoms. The van der Waals surface area contributed by atoms with Crippen LogP contribution >= 0.6 is 0 Å². The van der Waals surface area contributed by atoms with Gasteiger partial charge in [-0.1, -0.05) is 18.2 Å². The molecule has 1 aliphatic heterocycles. The molecule has 0 radical (unpaired) electrons. The fourth-order valence-corrected chi connectivity index (χ4v) is 3.07. The summed E-state index contributed by atoms with van der Waals surface area (Å²) in [4.78, 5) is 38.1. The summed E-state index contributed by atoms with van der Waals surface area (Å²) < 4.78 is 23.8. The van der Waals surface area contributed by atoms with Crippen LogP contribution in [-0.4, -0.2) is 38.0 Å². The van der Waals surface area contributed by atoms with Crippen molar-refractivity contribution >= 4 is 29.2 Å². The Morgan fingerprint density at radius 1 is 1.24 bits per heavy atom. The molecule has 3 rings (SSSR count). The van der Waals surface area contributed by atoms with Crippen LogP contribution in [0.3, 0.4) is 0 Å².